The topological polar surface area (TPSA) is 34.2 Å². The van der Waals surface area contributed by atoms with E-state index in [0.29, 0.717) is 12.0 Å². The average Bonchev–Trinajstić information content (AvgIpc) is 2.96. The summed E-state index contributed by atoms with van der Waals surface area (Å²) < 4.78 is 6.63. The second-order valence-electron chi connectivity index (χ2n) is 3.90. The Bertz CT molecular complexity index is 286. The lowest BCUT2D eigenvalue weighted by Crippen LogP contribution is -2.38. The van der Waals surface area contributed by atoms with Crippen LogP contribution in [0.1, 0.15) is 13.3 Å². The van der Waals surface area contributed by atoms with E-state index in [0.717, 1.165) is 25.5 Å². The number of aromatic nitrogens is 1. The van der Waals surface area contributed by atoms with E-state index in [1.165, 1.54) is 10.8 Å². The number of thioether (sulfide) groups is 1. The lowest BCUT2D eigenvalue weighted by atomic mass is 10.0. The molecule has 1 fully saturated rings. The summed E-state index contributed by atoms with van der Waals surface area (Å²) in [6.07, 6.45) is 3.06. The maximum absolute atomic E-state index is 5.46. The Morgan fingerprint density at radius 1 is 1.75 bits per heavy atom. The number of nitrogens with zero attached hydrogens (tertiary/aromatic N) is 1. The molecule has 0 saturated carbocycles. The van der Waals surface area contributed by atoms with Gasteiger partial charge in [0.1, 0.15) is 4.34 Å². The molecule has 0 radical (unpaired) electrons. The molecular weight excluding hydrogens is 240 g/mol. The van der Waals surface area contributed by atoms with Gasteiger partial charge in [-0.15, -0.1) is 11.3 Å². The number of nitrogens with one attached hydrogen (secondary N) is 1. The van der Waals surface area contributed by atoms with Crippen molar-refractivity contribution in [2.75, 3.05) is 25.5 Å². The molecule has 1 N–H and O–H groups in total. The highest BCUT2D eigenvalue weighted by molar-refractivity contribution is 8.01. The van der Waals surface area contributed by atoms with Gasteiger partial charge in [-0.05, 0) is 13.0 Å². The van der Waals surface area contributed by atoms with Crippen LogP contribution in [0.15, 0.2) is 15.9 Å². The van der Waals surface area contributed by atoms with Crippen LogP contribution in [0.2, 0.25) is 0 Å². The average molecular weight is 258 g/mol. The van der Waals surface area contributed by atoms with Gasteiger partial charge in [-0.25, -0.2) is 4.98 Å². The van der Waals surface area contributed by atoms with E-state index in [4.69, 9.17) is 4.74 Å². The van der Waals surface area contributed by atoms with Gasteiger partial charge < -0.3 is 10.1 Å². The molecule has 1 saturated heterocycles. The van der Waals surface area contributed by atoms with Gasteiger partial charge >= 0.3 is 0 Å². The molecule has 0 bridgehead atoms. The number of hydrogen-bond acceptors (Lipinski definition) is 5. The molecule has 5 heteroatoms. The highest BCUT2D eigenvalue weighted by Crippen LogP contribution is 2.25. The molecule has 2 rings (SSSR count). The predicted octanol–water partition coefficient (Wildman–Crippen LogP) is 2.25. The highest BCUT2D eigenvalue weighted by Gasteiger charge is 2.25. The third-order valence-electron chi connectivity index (χ3n) is 2.80. The lowest BCUT2D eigenvalue weighted by molar-refractivity contribution is 0.179. The molecule has 3 nitrogen and oxygen atoms in total. The first-order chi connectivity index (χ1) is 7.90. The number of thiazole rings is 1. The van der Waals surface area contributed by atoms with Gasteiger partial charge in [0.25, 0.3) is 0 Å². The van der Waals surface area contributed by atoms with Gasteiger partial charge in [-0.1, -0.05) is 18.7 Å². The highest BCUT2D eigenvalue weighted by atomic mass is 32.2. The molecule has 1 aromatic heterocycles. The summed E-state index contributed by atoms with van der Waals surface area (Å²) >= 11 is 3.57. The van der Waals surface area contributed by atoms with Gasteiger partial charge in [0, 0.05) is 35.9 Å². The summed E-state index contributed by atoms with van der Waals surface area (Å²) in [4.78, 5) is 4.30. The Hall–Kier alpha value is -0.100. The van der Waals surface area contributed by atoms with Crippen molar-refractivity contribution in [2.45, 2.75) is 23.7 Å². The van der Waals surface area contributed by atoms with Crippen LogP contribution in [-0.2, 0) is 4.74 Å². The molecule has 1 aliphatic heterocycles. The Morgan fingerprint density at radius 2 is 2.69 bits per heavy atom. The molecule has 2 atom stereocenters. The Morgan fingerprint density at radius 3 is 3.31 bits per heavy atom. The normalized spacial score (nSPS) is 22.4. The summed E-state index contributed by atoms with van der Waals surface area (Å²) in [5, 5.41) is 5.59. The predicted molar refractivity (Wildman–Crippen MR) is 69.2 cm³/mol. The van der Waals surface area contributed by atoms with Crippen LogP contribution in [0.4, 0.5) is 0 Å². The van der Waals surface area contributed by atoms with E-state index >= 15 is 0 Å². The van der Waals surface area contributed by atoms with Crippen molar-refractivity contribution in [2.24, 2.45) is 5.92 Å². The standard InChI is InChI=1S/C11H18N2OS2/c1-2-12-10(9-3-5-14-7-9)8-16-11-13-4-6-15-11/h4,6,9-10,12H,2-3,5,7-8H2,1H3. The third kappa shape index (κ3) is 3.45. The van der Waals surface area contributed by atoms with E-state index in [2.05, 4.69) is 17.2 Å². The van der Waals surface area contributed by atoms with Crippen molar-refractivity contribution in [3.8, 4) is 0 Å². The second-order valence-corrected chi connectivity index (χ2v) is 6.06. The summed E-state index contributed by atoms with van der Waals surface area (Å²) in [7, 11) is 0. The summed E-state index contributed by atoms with van der Waals surface area (Å²) in [6, 6.07) is 0.557. The van der Waals surface area contributed by atoms with Crippen LogP contribution < -0.4 is 5.32 Å². The van der Waals surface area contributed by atoms with E-state index in [1.54, 1.807) is 11.3 Å². The first-order valence-corrected chi connectivity index (χ1v) is 7.60. The zero-order valence-electron chi connectivity index (χ0n) is 9.52. The van der Waals surface area contributed by atoms with Crippen molar-refractivity contribution < 1.29 is 4.74 Å². The van der Waals surface area contributed by atoms with Crippen molar-refractivity contribution in [3.63, 3.8) is 0 Å². The second kappa shape index (κ2) is 6.59. The quantitative estimate of drug-likeness (QED) is 0.794. The molecule has 2 unspecified atom stereocenters. The monoisotopic (exact) mass is 258 g/mol. The summed E-state index contributed by atoms with van der Waals surface area (Å²) in [6.45, 7) is 5.03. The SMILES string of the molecule is CCNC(CSc1nccs1)C1CCOC1. The van der Waals surface area contributed by atoms with Crippen LogP contribution in [0.5, 0.6) is 0 Å². The molecule has 2 heterocycles. The van der Waals surface area contributed by atoms with Crippen LogP contribution >= 0.6 is 23.1 Å². The van der Waals surface area contributed by atoms with Crippen molar-refractivity contribution in [1.29, 1.82) is 0 Å². The molecule has 1 aliphatic rings. The van der Waals surface area contributed by atoms with Gasteiger partial charge in [0.2, 0.25) is 0 Å². The van der Waals surface area contributed by atoms with Crippen molar-refractivity contribution in [3.05, 3.63) is 11.6 Å². The van der Waals surface area contributed by atoms with E-state index in [9.17, 15) is 0 Å². The lowest BCUT2D eigenvalue weighted by Gasteiger charge is -2.22. The Kier molecular flexibility index (Phi) is 5.09. The molecule has 90 valence electrons. The number of rotatable bonds is 6. The third-order valence-corrected chi connectivity index (χ3v) is 4.88. The minimum absolute atomic E-state index is 0.557. The summed E-state index contributed by atoms with van der Waals surface area (Å²) in [5.74, 6) is 1.77. The largest absolute Gasteiger partial charge is 0.381 e. The molecule has 0 amide bonds. The molecule has 1 aromatic rings. The van der Waals surface area contributed by atoms with Gasteiger partial charge in [0.05, 0.1) is 6.61 Å². The molecule has 16 heavy (non-hydrogen) atoms. The molecule has 0 aromatic carbocycles. The van der Waals surface area contributed by atoms with Crippen LogP contribution in [-0.4, -0.2) is 36.5 Å². The molecule has 0 aliphatic carbocycles. The maximum atomic E-state index is 5.46. The van der Waals surface area contributed by atoms with Crippen LogP contribution in [0, 0.1) is 5.92 Å². The molecule has 0 spiro atoms. The van der Waals surface area contributed by atoms with E-state index in [-0.39, 0.29) is 0 Å². The smallest absolute Gasteiger partial charge is 0.149 e. The minimum atomic E-state index is 0.557. The zero-order chi connectivity index (χ0) is 11.2. The fourth-order valence-corrected chi connectivity index (χ4v) is 3.79. The fraction of sp³-hybridized carbons (Fsp3) is 0.727. The van der Waals surface area contributed by atoms with Gasteiger partial charge in [-0.2, -0.15) is 0 Å². The Labute approximate surface area is 105 Å². The van der Waals surface area contributed by atoms with Gasteiger partial charge in [0.15, 0.2) is 0 Å². The zero-order valence-corrected chi connectivity index (χ0v) is 11.1. The van der Waals surface area contributed by atoms with E-state index in [1.807, 2.05) is 23.3 Å². The maximum Gasteiger partial charge on any atom is 0.149 e. The number of ether oxygens (including phenoxy) is 1. The minimum Gasteiger partial charge on any atom is -0.381 e. The van der Waals surface area contributed by atoms with E-state index < -0.39 is 0 Å². The fourth-order valence-electron chi connectivity index (χ4n) is 1.94. The van der Waals surface area contributed by atoms with Crippen molar-refractivity contribution in [1.82, 2.24) is 10.3 Å². The summed E-state index contributed by atoms with van der Waals surface area (Å²) in [5.41, 5.74) is 0. The molecular formula is C11H18N2OS2. The Balaban J connectivity index is 1.82. The number of hydrogen-bond donors (Lipinski definition) is 1. The first kappa shape index (κ1) is 12.4. The van der Waals surface area contributed by atoms with Crippen molar-refractivity contribution >= 4 is 23.1 Å². The van der Waals surface area contributed by atoms with Crippen LogP contribution in [0.25, 0.3) is 0 Å². The van der Waals surface area contributed by atoms with Gasteiger partial charge in [-0.3, -0.25) is 0 Å². The van der Waals surface area contributed by atoms with Crippen LogP contribution in [0.3, 0.4) is 0 Å². The first-order valence-electron chi connectivity index (χ1n) is 5.73.